The summed E-state index contributed by atoms with van der Waals surface area (Å²) in [5.41, 5.74) is 5.80. The maximum Gasteiger partial charge on any atom is 0.240 e. The minimum Gasteiger partial charge on any atom is -0.341 e. The standard InChI is InChI=1S/C33H35N3O/c37-33(36-21-18-28(19-22-36)23-26-9-3-1-4-10-26)32(24-27-11-5-2-6-12-27)35-25-29-14-16-30(17-15-29)31-13-7-8-20-34-31/h1-17,20,28,32,35H,18-19,21-25H2. The molecule has 1 atom stereocenters. The highest BCUT2D eigenvalue weighted by Crippen LogP contribution is 2.23. The largest absolute Gasteiger partial charge is 0.341 e. The number of amides is 1. The molecule has 1 aliphatic rings. The molecule has 0 radical (unpaired) electrons. The molecule has 1 aliphatic heterocycles. The maximum atomic E-state index is 13.7. The minimum atomic E-state index is -0.247. The lowest BCUT2D eigenvalue weighted by Crippen LogP contribution is -2.50. The second-order valence-electron chi connectivity index (χ2n) is 9.99. The van der Waals surface area contributed by atoms with E-state index in [0.717, 1.165) is 49.2 Å². The molecule has 0 spiro atoms. The number of benzene rings is 3. The molecule has 5 rings (SSSR count). The molecule has 188 valence electrons. The molecule has 1 N–H and O–H groups in total. The average Bonchev–Trinajstić information content (AvgIpc) is 2.97. The number of nitrogens with zero attached hydrogens (tertiary/aromatic N) is 2. The van der Waals surface area contributed by atoms with Crippen molar-refractivity contribution in [3.8, 4) is 11.3 Å². The van der Waals surface area contributed by atoms with Crippen LogP contribution in [-0.4, -0.2) is 34.9 Å². The first-order valence-corrected chi connectivity index (χ1v) is 13.3. The van der Waals surface area contributed by atoms with Gasteiger partial charge in [0, 0.05) is 31.4 Å². The van der Waals surface area contributed by atoms with Crippen LogP contribution in [0.5, 0.6) is 0 Å². The van der Waals surface area contributed by atoms with Gasteiger partial charge >= 0.3 is 0 Å². The van der Waals surface area contributed by atoms with Crippen molar-refractivity contribution in [1.29, 1.82) is 0 Å². The molecule has 0 saturated carbocycles. The van der Waals surface area contributed by atoms with Crippen LogP contribution in [0.3, 0.4) is 0 Å². The van der Waals surface area contributed by atoms with Crippen LogP contribution >= 0.6 is 0 Å². The summed E-state index contributed by atoms with van der Waals surface area (Å²) in [5, 5.41) is 3.59. The Morgan fingerprint density at radius 1 is 0.784 bits per heavy atom. The maximum absolute atomic E-state index is 13.7. The number of likely N-dealkylation sites (tertiary alicyclic amines) is 1. The molecule has 37 heavy (non-hydrogen) atoms. The molecule has 1 fully saturated rings. The van der Waals surface area contributed by atoms with E-state index in [1.54, 1.807) is 0 Å². The Bertz CT molecular complexity index is 1240. The summed E-state index contributed by atoms with van der Waals surface area (Å²) in [6, 6.07) is 35.2. The van der Waals surface area contributed by atoms with Gasteiger partial charge in [-0.25, -0.2) is 0 Å². The van der Waals surface area contributed by atoms with Crippen LogP contribution in [0.25, 0.3) is 11.3 Å². The Morgan fingerprint density at radius 2 is 1.43 bits per heavy atom. The topological polar surface area (TPSA) is 45.2 Å². The van der Waals surface area contributed by atoms with E-state index in [0.29, 0.717) is 18.9 Å². The van der Waals surface area contributed by atoms with Gasteiger partial charge in [0.1, 0.15) is 0 Å². The van der Waals surface area contributed by atoms with Crippen LogP contribution in [0.4, 0.5) is 0 Å². The van der Waals surface area contributed by atoms with Gasteiger partial charge in [-0.3, -0.25) is 9.78 Å². The minimum absolute atomic E-state index is 0.215. The van der Waals surface area contributed by atoms with Crippen molar-refractivity contribution in [1.82, 2.24) is 15.2 Å². The molecular weight excluding hydrogens is 454 g/mol. The second kappa shape index (κ2) is 12.5. The molecule has 4 heteroatoms. The van der Waals surface area contributed by atoms with E-state index in [9.17, 15) is 4.79 Å². The predicted octanol–water partition coefficient (Wildman–Crippen LogP) is 5.93. The zero-order chi connectivity index (χ0) is 25.3. The molecule has 2 heterocycles. The van der Waals surface area contributed by atoms with E-state index in [1.807, 2.05) is 42.6 Å². The first-order valence-electron chi connectivity index (χ1n) is 13.3. The number of nitrogens with one attached hydrogen (secondary N) is 1. The van der Waals surface area contributed by atoms with Crippen LogP contribution in [0.1, 0.15) is 29.5 Å². The van der Waals surface area contributed by atoms with Gasteiger partial charge in [0.05, 0.1) is 11.7 Å². The van der Waals surface area contributed by atoms with E-state index in [1.165, 1.54) is 11.1 Å². The highest BCUT2D eigenvalue weighted by atomic mass is 16.2. The molecule has 4 nitrogen and oxygen atoms in total. The number of rotatable bonds is 9. The van der Waals surface area contributed by atoms with Crippen LogP contribution < -0.4 is 5.32 Å². The fraction of sp³-hybridized carbons (Fsp3) is 0.273. The average molecular weight is 490 g/mol. The molecule has 1 unspecified atom stereocenters. The van der Waals surface area contributed by atoms with Crippen LogP contribution in [0.2, 0.25) is 0 Å². The summed E-state index contributed by atoms with van der Waals surface area (Å²) < 4.78 is 0. The molecule has 1 aromatic heterocycles. The number of aromatic nitrogens is 1. The monoisotopic (exact) mass is 489 g/mol. The van der Waals surface area contributed by atoms with Gasteiger partial charge < -0.3 is 10.2 Å². The van der Waals surface area contributed by atoms with Gasteiger partial charge in [-0.1, -0.05) is 91.0 Å². The Kier molecular flexibility index (Phi) is 8.39. The van der Waals surface area contributed by atoms with Gasteiger partial charge in [0.15, 0.2) is 0 Å². The van der Waals surface area contributed by atoms with Crippen LogP contribution in [0.15, 0.2) is 109 Å². The zero-order valence-corrected chi connectivity index (χ0v) is 21.3. The molecule has 1 saturated heterocycles. The summed E-state index contributed by atoms with van der Waals surface area (Å²) in [6.07, 6.45) is 5.73. The lowest BCUT2D eigenvalue weighted by Gasteiger charge is -2.34. The van der Waals surface area contributed by atoms with Crippen molar-refractivity contribution in [2.45, 2.75) is 38.3 Å². The third-order valence-corrected chi connectivity index (χ3v) is 7.34. The fourth-order valence-electron chi connectivity index (χ4n) is 5.19. The lowest BCUT2D eigenvalue weighted by atomic mass is 9.90. The zero-order valence-electron chi connectivity index (χ0n) is 21.3. The highest BCUT2D eigenvalue weighted by Gasteiger charge is 2.28. The summed E-state index contributed by atoms with van der Waals surface area (Å²) in [6.45, 7) is 2.32. The Balaban J connectivity index is 1.21. The number of carbonyl (C=O) groups excluding carboxylic acids is 1. The van der Waals surface area contributed by atoms with Crippen molar-refractivity contribution in [3.05, 3.63) is 126 Å². The predicted molar refractivity (Wildman–Crippen MR) is 150 cm³/mol. The quantitative estimate of drug-likeness (QED) is 0.317. The summed E-state index contributed by atoms with van der Waals surface area (Å²) >= 11 is 0. The summed E-state index contributed by atoms with van der Waals surface area (Å²) in [7, 11) is 0. The smallest absolute Gasteiger partial charge is 0.240 e. The van der Waals surface area contributed by atoms with Gasteiger partial charge in [0.25, 0.3) is 0 Å². The van der Waals surface area contributed by atoms with Crippen molar-refractivity contribution < 1.29 is 4.79 Å². The number of carbonyl (C=O) groups is 1. The van der Waals surface area contributed by atoms with Gasteiger partial charge in [0.2, 0.25) is 5.91 Å². The molecular formula is C33H35N3O. The third-order valence-electron chi connectivity index (χ3n) is 7.34. The van der Waals surface area contributed by atoms with Crippen molar-refractivity contribution in [2.24, 2.45) is 5.92 Å². The Morgan fingerprint density at radius 3 is 2.08 bits per heavy atom. The number of piperidine rings is 1. The summed E-state index contributed by atoms with van der Waals surface area (Å²) in [5.74, 6) is 0.858. The van der Waals surface area contributed by atoms with E-state index in [4.69, 9.17) is 0 Å². The molecule has 0 bridgehead atoms. The lowest BCUT2D eigenvalue weighted by molar-refractivity contribution is -0.134. The number of hydrogen-bond acceptors (Lipinski definition) is 3. The van der Waals surface area contributed by atoms with Crippen LogP contribution in [0, 0.1) is 5.92 Å². The van der Waals surface area contributed by atoms with E-state index < -0.39 is 0 Å². The van der Waals surface area contributed by atoms with E-state index in [-0.39, 0.29) is 11.9 Å². The normalized spacial score (nSPS) is 14.9. The molecule has 0 aliphatic carbocycles. The van der Waals surface area contributed by atoms with Crippen molar-refractivity contribution in [3.63, 3.8) is 0 Å². The third kappa shape index (κ3) is 6.93. The van der Waals surface area contributed by atoms with E-state index in [2.05, 4.69) is 81.9 Å². The SMILES string of the molecule is O=C(C(Cc1ccccc1)NCc1ccc(-c2ccccn2)cc1)N1CCC(Cc2ccccc2)CC1. The highest BCUT2D eigenvalue weighted by molar-refractivity contribution is 5.82. The first-order chi connectivity index (χ1) is 18.2. The second-order valence-corrected chi connectivity index (χ2v) is 9.99. The number of pyridine rings is 1. The van der Waals surface area contributed by atoms with Gasteiger partial charge in [-0.2, -0.15) is 0 Å². The number of hydrogen-bond donors (Lipinski definition) is 1. The van der Waals surface area contributed by atoms with Crippen LogP contribution in [-0.2, 0) is 24.2 Å². The van der Waals surface area contributed by atoms with Gasteiger partial charge in [-0.15, -0.1) is 0 Å². The fourth-order valence-corrected chi connectivity index (χ4v) is 5.19. The van der Waals surface area contributed by atoms with E-state index >= 15 is 0 Å². The van der Waals surface area contributed by atoms with Gasteiger partial charge in [-0.05, 0) is 60.4 Å². The molecule has 3 aromatic carbocycles. The summed E-state index contributed by atoms with van der Waals surface area (Å²) in [4.78, 5) is 20.2. The van der Waals surface area contributed by atoms with Crippen molar-refractivity contribution in [2.75, 3.05) is 13.1 Å². The Labute approximate surface area is 220 Å². The van der Waals surface area contributed by atoms with Crippen molar-refractivity contribution >= 4 is 5.91 Å². The molecule has 4 aromatic rings. The molecule has 1 amide bonds. The Hall–Kier alpha value is -3.76. The first kappa shape index (κ1) is 24.9.